The van der Waals surface area contributed by atoms with Crippen LogP contribution in [0.15, 0.2) is 0 Å². The van der Waals surface area contributed by atoms with Crippen LogP contribution in [0.1, 0.15) is 71.6 Å². The van der Waals surface area contributed by atoms with E-state index < -0.39 is 0 Å². The summed E-state index contributed by atoms with van der Waals surface area (Å²) in [6, 6.07) is 1.44. The Kier molecular flexibility index (Phi) is 6.97. The Morgan fingerprint density at radius 2 is 1.81 bits per heavy atom. The van der Waals surface area contributed by atoms with Gasteiger partial charge in [-0.2, -0.15) is 0 Å². The molecule has 2 rings (SSSR count). The monoisotopic (exact) mass is 296 g/mol. The Morgan fingerprint density at radius 3 is 2.33 bits per heavy atom. The van der Waals surface area contributed by atoms with Crippen LogP contribution in [0.2, 0.25) is 0 Å². The normalized spacial score (nSPS) is 22.1. The minimum atomic E-state index is 0.294. The molecule has 0 unspecified atom stereocenters. The summed E-state index contributed by atoms with van der Waals surface area (Å²) in [7, 11) is 0. The van der Waals surface area contributed by atoms with Crippen LogP contribution in [0.4, 0.5) is 0 Å². The van der Waals surface area contributed by atoms with E-state index >= 15 is 0 Å². The van der Waals surface area contributed by atoms with E-state index in [9.17, 15) is 5.11 Å². The van der Waals surface area contributed by atoms with Gasteiger partial charge in [-0.25, -0.2) is 0 Å². The molecule has 3 heteroatoms. The van der Waals surface area contributed by atoms with E-state index in [2.05, 4.69) is 24.1 Å². The zero-order valence-corrected chi connectivity index (χ0v) is 14.2. The van der Waals surface area contributed by atoms with Crippen molar-refractivity contribution in [3.63, 3.8) is 0 Å². The van der Waals surface area contributed by atoms with Gasteiger partial charge >= 0.3 is 0 Å². The number of aliphatic hydroxyl groups excluding tert-OH is 1. The summed E-state index contributed by atoms with van der Waals surface area (Å²) in [5.41, 5.74) is 0.457. The zero-order valence-electron chi connectivity index (χ0n) is 14.2. The smallest absolute Gasteiger partial charge is 0.0558 e. The molecule has 0 heterocycles. The molecule has 2 fully saturated rings. The van der Waals surface area contributed by atoms with Crippen LogP contribution < -0.4 is 5.32 Å². The molecule has 0 radical (unpaired) electrons. The molecule has 2 aliphatic rings. The Morgan fingerprint density at radius 1 is 1.14 bits per heavy atom. The Balaban J connectivity index is 1.98. The number of nitrogens with one attached hydrogen (secondary N) is 1. The molecule has 0 bridgehead atoms. The average Bonchev–Trinajstić information content (AvgIpc) is 3.32. The van der Waals surface area contributed by atoms with Gasteiger partial charge in [-0.1, -0.05) is 33.1 Å². The highest BCUT2D eigenvalue weighted by Gasteiger charge is 2.36. The van der Waals surface area contributed by atoms with Crippen molar-refractivity contribution in [1.82, 2.24) is 10.2 Å². The third-order valence-electron chi connectivity index (χ3n) is 5.64. The molecule has 2 N–H and O–H groups in total. The van der Waals surface area contributed by atoms with Crippen molar-refractivity contribution in [2.75, 3.05) is 26.2 Å². The number of hydrogen-bond donors (Lipinski definition) is 2. The lowest BCUT2D eigenvalue weighted by Crippen LogP contribution is -2.49. The van der Waals surface area contributed by atoms with Crippen LogP contribution in [0, 0.1) is 5.41 Å². The van der Waals surface area contributed by atoms with Crippen molar-refractivity contribution in [2.45, 2.75) is 83.7 Å². The lowest BCUT2D eigenvalue weighted by molar-refractivity contribution is 0.0577. The van der Waals surface area contributed by atoms with Gasteiger partial charge in [-0.3, -0.25) is 4.90 Å². The lowest BCUT2D eigenvalue weighted by atomic mass is 9.73. The number of nitrogens with zero attached hydrogens (tertiary/aromatic N) is 1. The molecule has 2 aliphatic carbocycles. The SMILES string of the molecule is CCC(CC)N(CCO)CC1(CNC2CC2)CCCCC1. The third kappa shape index (κ3) is 5.22. The molecule has 21 heavy (non-hydrogen) atoms. The fourth-order valence-electron chi connectivity index (χ4n) is 4.10. The van der Waals surface area contributed by atoms with Gasteiger partial charge in [0.25, 0.3) is 0 Å². The summed E-state index contributed by atoms with van der Waals surface area (Å²) in [5, 5.41) is 13.3. The highest BCUT2D eigenvalue weighted by Crippen LogP contribution is 2.38. The maximum absolute atomic E-state index is 9.46. The van der Waals surface area contributed by atoms with Crippen LogP contribution in [0.25, 0.3) is 0 Å². The van der Waals surface area contributed by atoms with Crippen molar-refractivity contribution in [2.24, 2.45) is 5.41 Å². The van der Waals surface area contributed by atoms with Gasteiger partial charge in [-0.05, 0) is 43.9 Å². The molecule has 0 aliphatic heterocycles. The number of hydrogen-bond acceptors (Lipinski definition) is 3. The second kappa shape index (κ2) is 8.50. The van der Waals surface area contributed by atoms with Gasteiger partial charge in [0.1, 0.15) is 0 Å². The fraction of sp³-hybridized carbons (Fsp3) is 1.00. The van der Waals surface area contributed by atoms with Gasteiger partial charge in [0, 0.05) is 31.7 Å². The molecule has 0 spiro atoms. The van der Waals surface area contributed by atoms with Gasteiger partial charge < -0.3 is 10.4 Å². The third-order valence-corrected chi connectivity index (χ3v) is 5.64. The molecule has 124 valence electrons. The lowest BCUT2D eigenvalue weighted by Gasteiger charge is -2.43. The van der Waals surface area contributed by atoms with Crippen molar-refractivity contribution in [1.29, 1.82) is 0 Å². The summed E-state index contributed by atoms with van der Waals surface area (Å²) in [5.74, 6) is 0. The highest BCUT2D eigenvalue weighted by molar-refractivity contribution is 4.92. The first-order chi connectivity index (χ1) is 10.2. The van der Waals surface area contributed by atoms with E-state index in [1.807, 2.05) is 0 Å². The quantitative estimate of drug-likeness (QED) is 0.650. The molecule has 3 nitrogen and oxygen atoms in total. The molecule has 0 aromatic heterocycles. The maximum Gasteiger partial charge on any atom is 0.0558 e. The molecule has 0 aromatic rings. The second-order valence-electron chi connectivity index (χ2n) is 7.38. The summed E-state index contributed by atoms with van der Waals surface area (Å²) in [6.45, 7) is 8.09. The van der Waals surface area contributed by atoms with Crippen molar-refractivity contribution in [3.8, 4) is 0 Å². The van der Waals surface area contributed by atoms with Crippen molar-refractivity contribution in [3.05, 3.63) is 0 Å². The molecule has 0 aromatic carbocycles. The van der Waals surface area contributed by atoms with Crippen molar-refractivity contribution >= 4 is 0 Å². The first-order valence-electron chi connectivity index (χ1n) is 9.31. The summed E-state index contributed by atoms with van der Waals surface area (Å²) < 4.78 is 0. The van der Waals surface area contributed by atoms with E-state index in [1.165, 1.54) is 70.9 Å². The summed E-state index contributed by atoms with van der Waals surface area (Å²) in [6.07, 6.45) is 12.1. The molecule has 0 atom stereocenters. The first-order valence-corrected chi connectivity index (χ1v) is 9.31. The standard InChI is InChI=1S/C18H36N2O/c1-3-17(4-2)20(12-13-21)15-18(10-6-5-7-11-18)14-19-16-8-9-16/h16-17,19,21H,3-15H2,1-2H3. The molecule has 0 saturated heterocycles. The van der Waals surface area contributed by atoms with Crippen LogP contribution in [0.5, 0.6) is 0 Å². The van der Waals surface area contributed by atoms with Crippen LogP contribution >= 0.6 is 0 Å². The minimum Gasteiger partial charge on any atom is -0.395 e. The predicted octanol–water partition coefficient (Wildman–Crippen LogP) is 3.17. The fourth-order valence-corrected chi connectivity index (χ4v) is 4.10. The molecule has 2 saturated carbocycles. The Labute approximate surface area is 131 Å². The predicted molar refractivity (Wildman–Crippen MR) is 89.6 cm³/mol. The van der Waals surface area contributed by atoms with Gasteiger partial charge in [0.05, 0.1) is 6.61 Å². The van der Waals surface area contributed by atoms with E-state index in [-0.39, 0.29) is 0 Å². The topological polar surface area (TPSA) is 35.5 Å². The van der Waals surface area contributed by atoms with E-state index in [0.717, 1.165) is 12.6 Å². The van der Waals surface area contributed by atoms with Crippen molar-refractivity contribution < 1.29 is 5.11 Å². The van der Waals surface area contributed by atoms with Gasteiger partial charge in [0.2, 0.25) is 0 Å². The van der Waals surface area contributed by atoms with Crippen LogP contribution in [-0.4, -0.2) is 48.3 Å². The Hall–Kier alpha value is -0.120. The van der Waals surface area contributed by atoms with E-state index in [1.54, 1.807) is 0 Å². The second-order valence-corrected chi connectivity index (χ2v) is 7.38. The van der Waals surface area contributed by atoms with Gasteiger partial charge in [0.15, 0.2) is 0 Å². The average molecular weight is 296 g/mol. The van der Waals surface area contributed by atoms with E-state index in [0.29, 0.717) is 18.1 Å². The van der Waals surface area contributed by atoms with Crippen LogP contribution in [0.3, 0.4) is 0 Å². The molecular formula is C18H36N2O. The minimum absolute atomic E-state index is 0.294. The molecular weight excluding hydrogens is 260 g/mol. The summed E-state index contributed by atoms with van der Waals surface area (Å²) in [4.78, 5) is 2.58. The van der Waals surface area contributed by atoms with Gasteiger partial charge in [-0.15, -0.1) is 0 Å². The number of aliphatic hydroxyl groups is 1. The largest absolute Gasteiger partial charge is 0.395 e. The first kappa shape index (κ1) is 17.2. The van der Waals surface area contributed by atoms with E-state index in [4.69, 9.17) is 0 Å². The zero-order chi connectivity index (χ0) is 15.1. The molecule has 0 amide bonds. The highest BCUT2D eigenvalue weighted by atomic mass is 16.3. The summed E-state index contributed by atoms with van der Waals surface area (Å²) >= 11 is 0. The Bertz CT molecular complexity index is 281. The maximum atomic E-state index is 9.46. The number of rotatable bonds is 10. The van der Waals surface area contributed by atoms with Crippen LogP contribution in [-0.2, 0) is 0 Å².